The number of carbonyl (C=O) groups excluding carboxylic acids is 3. The van der Waals surface area contributed by atoms with Crippen molar-refractivity contribution in [2.75, 3.05) is 23.3 Å². The Hall–Kier alpha value is -4.16. The van der Waals surface area contributed by atoms with Crippen LogP contribution in [-0.4, -0.2) is 51.5 Å². The predicted molar refractivity (Wildman–Crippen MR) is 129 cm³/mol. The summed E-state index contributed by atoms with van der Waals surface area (Å²) >= 11 is 0. The number of halogens is 1. The lowest BCUT2D eigenvalue weighted by atomic mass is 10.2. The molecule has 2 aromatic heterocycles. The van der Waals surface area contributed by atoms with E-state index in [9.17, 15) is 28.9 Å². The molecule has 0 radical (unpaired) electrons. The number of hydrogen-bond donors (Lipinski definition) is 2. The number of carbonyl (C=O) groups is 3. The summed E-state index contributed by atoms with van der Waals surface area (Å²) in [5.74, 6) is 0.188. The lowest BCUT2D eigenvalue weighted by molar-refractivity contribution is -0.385. The van der Waals surface area contributed by atoms with E-state index in [1.54, 1.807) is 37.8 Å². The van der Waals surface area contributed by atoms with Crippen LogP contribution in [0, 0.1) is 16.1 Å². The molecule has 0 spiro atoms. The van der Waals surface area contributed by atoms with Gasteiger partial charge in [0, 0.05) is 32.0 Å². The van der Waals surface area contributed by atoms with Gasteiger partial charge in [-0.15, -0.1) is 0 Å². The summed E-state index contributed by atoms with van der Waals surface area (Å²) in [6.45, 7) is 6.98. The van der Waals surface area contributed by atoms with Gasteiger partial charge in [0.25, 0.3) is 5.69 Å². The fourth-order valence-corrected chi connectivity index (χ4v) is 2.97. The molecule has 2 aliphatic heterocycles. The van der Waals surface area contributed by atoms with Gasteiger partial charge in [-0.05, 0) is 51.8 Å². The second-order valence-electron chi connectivity index (χ2n) is 8.73. The van der Waals surface area contributed by atoms with E-state index in [0.717, 1.165) is 44.1 Å². The fraction of sp³-hybridized carbons (Fsp3) is 0.435. The van der Waals surface area contributed by atoms with Gasteiger partial charge in [-0.25, -0.2) is 14.8 Å². The Bertz CT molecular complexity index is 1050. The monoisotopic (exact) mass is 504 g/mol. The van der Waals surface area contributed by atoms with Crippen LogP contribution in [0.2, 0.25) is 0 Å². The first-order valence-corrected chi connectivity index (χ1v) is 11.2. The summed E-state index contributed by atoms with van der Waals surface area (Å²) in [5.41, 5.74) is -0.213. The molecule has 0 saturated carbocycles. The van der Waals surface area contributed by atoms with Crippen LogP contribution in [0.5, 0.6) is 0 Å². The second-order valence-corrected chi connectivity index (χ2v) is 8.73. The van der Waals surface area contributed by atoms with Crippen LogP contribution >= 0.6 is 0 Å². The van der Waals surface area contributed by atoms with Gasteiger partial charge in [0.15, 0.2) is 0 Å². The van der Waals surface area contributed by atoms with Gasteiger partial charge >= 0.3 is 6.09 Å². The fourth-order valence-electron chi connectivity index (χ4n) is 2.97. The SMILES string of the molecule is CC(C)(C)OC(=O)Nc1ccc(N2CCCC2=O)nc1.O=C1CCCN1.O=[N+]([O-])c1ccc(F)nc1. The third-order valence-corrected chi connectivity index (χ3v) is 4.57. The highest BCUT2D eigenvalue weighted by atomic mass is 19.1. The zero-order chi connectivity index (χ0) is 26.7. The summed E-state index contributed by atoms with van der Waals surface area (Å²) in [5, 5.41) is 15.2. The molecule has 0 aliphatic carbocycles. The first kappa shape index (κ1) is 28.1. The molecule has 4 heterocycles. The number of pyridine rings is 2. The van der Waals surface area contributed by atoms with Crippen molar-refractivity contribution >= 4 is 35.1 Å². The van der Waals surface area contributed by atoms with Crippen molar-refractivity contribution in [1.82, 2.24) is 15.3 Å². The maximum atomic E-state index is 12.0. The van der Waals surface area contributed by atoms with E-state index >= 15 is 0 Å². The van der Waals surface area contributed by atoms with Crippen molar-refractivity contribution in [3.8, 4) is 0 Å². The first-order chi connectivity index (χ1) is 16.9. The molecule has 2 N–H and O–H groups in total. The van der Waals surface area contributed by atoms with E-state index in [0.29, 0.717) is 24.5 Å². The molecule has 2 aromatic rings. The molecule has 4 rings (SSSR count). The van der Waals surface area contributed by atoms with Crippen LogP contribution in [0.1, 0.15) is 46.5 Å². The molecule has 12 nitrogen and oxygen atoms in total. The first-order valence-electron chi connectivity index (χ1n) is 11.2. The molecular formula is C23H29FN6O6. The van der Waals surface area contributed by atoms with Crippen molar-refractivity contribution in [1.29, 1.82) is 0 Å². The second kappa shape index (κ2) is 13.1. The largest absolute Gasteiger partial charge is 0.444 e. The normalized spacial score (nSPS) is 14.6. The molecule has 2 saturated heterocycles. The van der Waals surface area contributed by atoms with Gasteiger partial charge in [0.05, 0.1) is 16.8 Å². The highest BCUT2D eigenvalue weighted by molar-refractivity contribution is 5.94. The minimum absolute atomic E-state index is 0.0883. The Balaban J connectivity index is 0.000000234. The highest BCUT2D eigenvalue weighted by Gasteiger charge is 2.22. The van der Waals surface area contributed by atoms with Gasteiger partial charge in [-0.2, -0.15) is 4.39 Å². The van der Waals surface area contributed by atoms with Gasteiger partial charge in [-0.3, -0.25) is 29.9 Å². The topological polar surface area (TPSA) is 157 Å². The quantitative estimate of drug-likeness (QED) is 0.365. The van der Waals surface area contributed by atoms with Gasteiger partial charge < -0.3 is 10.1 Å². The highest BCUT2D eigenvalue weighted by Crippen LogP contribution is 2.20. The summed E-state index contributed by atoms with van der Waals surface area (Å²) in [6.07, 6.45) is 5.06. The van der Waals surface area contributed by atoms with E-state index in [2.05, 4.69) is 20.6 Å². The maximum absolute atomic E-state index is 12.0. The van der Waals surface area contributed by atoms with Crippen molar-refractivity contribution in [3.63, 3.8) is 0 Å². The zero-order valence-corrected chi connectivity index (χ0v) is 20.3. The van der Waals surface area contributed by atoms with E-state index in [-0.39, 0.29) is 17.5 Å². The smallest absolute Gasteiger partial charge is 0.412 e. The number of rotatable bonds is 3. The van der Waals surface area contributed by atoms with Gasteiger partial charge in [0.2, 0.25) is 17.8 Å². The van der Waals surface area contributed by atoms with Crippen molar-refractivity contribution in [2.45, 2.75) is 52.1 Å². The summed E-state index contributed by atoms with van der Waals surface area (Å²) < 4.78 is 17.2. The zero-order valence-electron chi connectivity index (χ0n) is 20.3. The maximum Gasteiger partial charge on any atom is 0.412 e. The number of nitrogens with one attached hydrogen (secondary N) is 2. The van der Waals surface area contributed by atoms with E-state index in [1.807, 2.05) is 0 Å². The summed E-state index contributed by atoms with van der Waals surface area (Å²) in [4.78, 5) is 51.6. The molecule has 0 atom stereocenters. The number of nitro groups is 1. The number of nitrogens with zero attached hydrogens (tertiary/aromatic N) is 4. The van der Waals surface area contributed by atoms with Crippen LogP contribution in [0.4, 0.5) is 26.4 Å². The molecule has 2 fully saturated rings. The van der Waals surface area contributed by atoms with Gasteiger partial charge in [-0.1, -0.05) is 0 Å². The molecule has 0 bridgehead atoms. The molecule has 36 heavy (non-hydrogen) atoms. The van der Waals surface area contributed by atoms with Crippen LogP contribution < -0.4 is 15.5 Å². The van der Waals surface area contributed by atoms with Crippen molar-refractivity contribution in [3.05, 3.63) is 52.7 Å². The molecule has 0 aromatic carbocycles. The van der Waals surface area contributed by atoms with Crippen LogP contribution in [0.3, 0.4) is 0 Å². The minimum atomic E-state index is -0.717. The number of aromatic nitrogens is 2. The van der Waals surface area contributed by atoms with Crippen molar-refractivity contribution in [2.24, 2.45) is 0 Å². The molecule has 0 unspecified atom stereocenters. The number of hydrogen-bond acceptors (Lipinski definition) is 8. The predicted octanol–water partition coefficient (Wildman–Crippen LogP) is 3.58. The van der Waals surface area contributed by atoms with E-state index < -0.39 is 22.6 Å². The molecule has 3 amide bonds. The third-order valence-electron chi connectivity index (χ3n) is 4.57. The number of amides is 3. The lowest BCUT2D eigenvalue weighted by Gasteiger charge is -2.20. The Labute approximate surface area is 207 Å². The molecule has 2 aliphatic rings. The Morgan fingerprint density at radius 3 is 2.31 bits per heavy atom. The van der Waals surface area contributed by atoms with Crippen molar-refractivity contribution < 1.29 is 28.4 Å². The number of ether oxygens (including phenoxy) is 1. The Morgan fingerprint density at radius 2 is 1.89 bits per heavy atom. The average molecular weight is 505 g/mol. The average Bonchev–Trinajstić information content (AvgIpc) is 3.45. The van der Waals surface area contributed by atoms with Crippen LogP contribution in [0.15, 0.2) is 36.7 Å². The summed E-state index contributed by atoms with van der Waals surface area (Å²) in [7, 11) is 0. The molecular weight excluding hydrogens is 475 g/mol. The molecule has 194 valence electrons. The van der Waals surface area contributed by atoms with Gasteiger partial charge in [0.1, 0.15) is 17.6 Å². The third kappa shape index (κ3) is 9.99. The minimum Gasteiger partial charge on any atom is -0.444 e. The molecule has 13 heteroatoms. The van der Waals surface area contributed by atoms with E-state index in [4.69, 9.17) is 4.74 Å². The summed E-state index contributed by atoms with van der Waals surface area (Å²) in [6, 6.07) is 5.42. The Morgan fingerprint density at radius 1 is 1.14 bits per heavy atom. The number of anilines is 2. The van der Waals surface area contributed by atoms with E-state index in [1.165, 1.54) is 6.20 Å². The Kier molecular flexibility index (Phi) is 10.2. The lowest BCUT2D eigenvalue weighted by Crippen LogP contribution is -2.27. The van der Waals surface area contributed by atoms with Crippen LogP contribution in [-0.2, 0) is 14.3 Å². The van der Waals surface area contributed by atoms with Crippen LogP contribution in [0.25, 0.3) is 0 Å². The standard InChI is InChI=1S/C14H19N3O3.C5H3FN2O2.C4H7NO/c1-14(2,3)20-13(19)16-10-6-7-11(15-9-10)17-8-4-5-12(17)18;6-5-2-1-4(3-7-5)8(9)10;6-4-2-1-3-5-4/h6-7,9H,4-5,8H2,1-3H3,(H,16,19);1-3H;1-3H2,(H,5,6).